The smallest absolute Gasteiger partial charge is 0.146 e. The number of anilines is 1. The van der Waals surface area contributed by atoms with Gasteiger partial charge in [0.2, 0.25) is 0 Å². The van der Waals surface area contributed by atoms with E-state index in [1.54, 1.807) is 6.07 Å². The quantitative estimate of drug-likeness (QED) is 0.901. The second-order valence-electron chi connectivity index (χ2n) is 5.14. The fourth-order valence-electron chi connectivity index (χ4n) is 2.52. The summed E-state index contributed by atoms with van der Waals surface area (Å²) in [5.74, 6) is -0.107. The predicted octanol–water partition coefficient (Wildman–Crippen LogP) is 2.25. The fraction of sp³-hybridized carbons (Fsp3) is 0.600. The summed E-state index contributed by atoms with van der Waals surface area (Å²) in [7, 11) is 1.89. The molecule has 1 heterocycles. The van der Waals surface area contributed by atoms with E-state index >= 15 is 0 Å². The molecule has 0 bridgehead atoms. The third-order valence-electron chi connectivity index (χ3n) is 4.06. The topological polar surface area (TPSA) is 18.5 Å². The van der Waals surface area contributed by atoms with Crippen LogP contribution in [0.15, 0.2) is 18.2 Å². The second-order valence-corrected chi connectivity index (χ2v) is 5.14. The maximum Gasteiger partial charge on any atom is 0.146 e. The van der Waals surface area contributed by atoms with E-state index in [2.05, 4.69) is 22.0 Å². The Morgan fingerprint density at radius 1 is 1.26 bits per heavy atom. The lowest BCUT2D eigenvalue weighted by atomic mass is 10.1. The Kier molecular flexibility index (Phi) is 4.77. The molecule has 0 aromatic heterocycles. The van der Waals surface area contributed by atoms with Gasteiger partial charge in [-0.2, -0.15) is 0 Å². The van der Waals surface area contributed by atoms with Gasteiger partial charge in [0.25, 0.3) is 0 Å². The molecule has 4 heteroatoms. The molecule has 0 spiro atoms. The molecule has 1 saturated heterocycles. The average molecular weight is 265 g/mol. The van der Waals surface area contributed by atoms with Crippen LogP contribution in [0.5, 0.6) is 0 Å². The molecular formula is C15H24FN3. The summed E-state index contributed by atoms with van der Waals surface area (Å²) in [4.78, 5) is 4.54. The van der Waals surface area contributed by atoms with Crippen molar-refractivity contribution in [2.75, 3.05) is 44.7 Å². The first kappa shape index (κ1) is 14.3. The van der Waals surface area contributed by atoms with E-state index in [1.165, 1.54) is 0 Å². The number of hydrogen-bond donors (Lipinski definition) is 1. The van der Waals surface area contributed by atoms with Crippen LogP contribution >= 0.6 is 0 Å². The molecule has 1 N–H and O–H groups in total. The predicted molar refractivity (Wildman–Crippen MR) is 78.2 cm³/mol. The van der Waals surface area contributed by atoms with Crippen molar-refractivity contribution >= 4 is 5.69 Å². The molecule has 1 aromatic carbocycles. The molecule has 1 unspecified atom stereocenters. The number of hydrogen-bond acceptors (Lipinski definition) is 3. The first-order valence-electron chi connectivity index (χ1n) is 7.09. The Hall–Kier alpha value is -1.13. The lowest BCUT2D eigenvalue weighted by Crippen LogP contribution is -2.46. The van der Waals surface area contributed by atoms with E-state index < -0.39 is 0 Å². The molecule has 0 amide bonds. The van der Waals surface area contributed by atoms with Gasteiger partial charge < -0.3 is 15.1 Å². The van der Waals surface area contributed by atoms with Crippen molar-refractivity contribution in [2.45, 2.75) is 19.9 Å². The molecule has 19 heavy (non-hydrogen) atoms. The summed E-state index contributed by atoms with van der Waals surface area (Å²) >= 11 is 0. The summed E-state index contributed by atoms with van der Waals surface area (Å²) < 4.78 is 14.2. The van der Waals surface area contributed by atoms with E-state index in [0.717, 1.165) is 44.0 Å². The van der Waals surface area contributed by atoms with Crippen LogP contribution in [-0.2, 0) is 0 Å². The van der Waals surface area contributed by atoms with Crippen molar-refractivity contribution in [3.8, 4) is 0 Å². The Balaban J connectivity index is 2.09. The van der Waals surface area contributed by atoms with Crippen LogP contribution in [0.1, 0.15) is 25.5 Å². The van der Waals surface area contributed by atoms with Crippen molar-refractivity contribution in [3.05, 3.63) is 29.6 Å². The van der Waals surface area contributed by atoms with Crippen LogP contribution in [0.4, 0.5) is 10.1 Å². The standard InChI is InChI=1S/C15H24FN3/c1-4-18-7-9-19(10-8-18)15-6-5-13(11-14(15)16)12(2)17-3/h5-6,11-12,17H,4,7-10H2,1-3H3. The van der Waals surface area contributed by atoms with Gasteiger partial charge in [-0.05, 0) is 38.2 Å². The van der Waals surface area contributed by atoms with Gasteiger partial charge in [-0.3, -0.25) is 0 Å². The molecule has 1 aliphatic heterocycles. The van der Waals surface area contributed by atoms with Gasteiger partial charge in [0.15, 0.2) is 0 Å². The number of likely N-dealkylation sites (N-methyl/N-ethyl adjacent to an activating group) is 1. The summed E-state index contributed by atoms with van der Waals surface area (Å²) in [5, 5.41) is 3.13. The summed E-state index contributed by atoms with van der Waals surface area (Å²) in [6, 6.07) is 5.77. The van der Waals surface area contributed by atoms with E-state index in [4.69, 9.17) is 0 Å². The molecule has 1 atom stereocenters. The molecule has 0 saturated carbocycles. The maximum absolute atomic E-state index is 14.2. The molecule has 3 nitrogen and oxygen atoms in total. The number of benzene rings is 1. The van der Waals surface area contributed by atoms with Crippen molar-refractivity contribution in [2.24, 2.45) is 0 Å². The van der Waals surface area contributed by atoms with Gasteiger partial charge in [0, 0.05) is 32.2 Å². The highest BCUT2D eigenvalue weighted by atomic mass is 19.1. The Morgan fingerprint density at radius 3 is 2.47 bits per heavy atom. The third-order valence-corrected chi connectivity index (χ3v) is 4.06. The van der Waals surface area contributed by atoms with E-state index in [0.29, 0.717) is 0 Å². The maximum atomic E-state index is 14.2. The van der Waals surface area contributed by atoms with Crippen molar-refractivity contribution in [1.29, 1.82) is 0 Å². The lowest BCUT2D eigenvalue weighted by Gasteiger charge is -2.35. The Bertz CT molecular complexity index is 414. The minimum Gasteiger partial charge on any atom is -0.367 e. The SMILES string of the molecule is CCN1CCN(c2ccc(C(C)NC)cc2F)CC1. The Morgan fingerprint density at radius 2 is 1.95 bits per heavy atom. The zero-order valence-electron chi connectivity index (χ0n) is 12.1. The van der Waals surface area contributed by atoms with Gasteiger partial charge in [-0.25, -0.2) is 4.39 Å². The van der Waals surface area contributed by atoms with Crippen LogP contribution < -0.4 is 10.2 Å². The number of piperazine rings is 1. The van der Waals surface area contributed by atoms with Crippen LogP contribution in [0.2, 0.25) is 0 Å². The molecule has 1 fully saturated rings. The van der Waals surface area contributed by atoms with Gasteiger partial charge in [-0.15, -0.1) is 0 Å². The summed E-state index contributed by atoms with van der Waals surface area (Å²) in [5.41, 5.74) is 1.73. The van der Waals surface area contributed by atoms with Gasteiger partial charge in [0.1, 0.15) is 5.82 Å². The summed E-state index contributed by atoms with van der Waals surface area (Å²) in [6.07, 6.45) is 0. The second kappa shape index (κ2) is 6.35. The van der Waals surface area contributed by atoms with E-state index in [1.807, 2.05) is 26.1 Å². The molecule has 2 rings (SSSR count). The first-order valence-corrected chi connectivity index (χ1v) is 7.09. The van der Waals surface area contributed by atoms with Gasteiger partial charge in [-0.1, -0.05) is 13.0 Å². The zero-order valence-corrected chi connectivity index (χ0v) is 12.1. The number of rotatable bonds is 4. The Labute approximate surface area is 115 Å². The molecule has 1 aliphatic rings. The van der Waals surface area contributed by atoms with Crippen LogP contribution in [0, 0.1) is 5.82 Å². The van der Waals surface area contributed by atoms with Gasteiger partial charge in [0.05, 0.1) is 5.69 Å². The molecule has 0 aliphatic carbocycles. The number of nitrogens with zero attached hydrogens (tertiary/aromatic N) is 2. The fourth-order valence-corrected chi connectivity index (χ4v) is 2.52. The van der Waals surface area contributed by atoms with Crippen LogP contribution in [0.3, 0.4) is 0 Å². The first-order chi connectivity index (χ1) is 9.15. The third kappa shape index (κ3) is 3.25. The zero-order chi connectivity index (χ0) is 13.8. The monoisotopic (exact) mass is 265 g/mol. The largest absolute Gasteiger partial charge is 0.367 e. The number of nitrogens with one attached hydrogen (secondary N) is 1. The van der Waals surface area contributed by atoms with E-state index in [-0.39, 0.29) is 11.9 Å². The van der Waals surface area contributed by atoms with Crippen molar-refractivity contribution in [1.82, 2.24) is 10.2 Å². The minimum atomic E-state index is -0.107. The summed E-state index contributed by atoms with van der Waals surface area (Å²) in [6.45, 7) is 9.14. The van der Waals surface area contributed by atoms with Gasteiger partial charge >= 0.3 is 0 Å². The number of halogens is 1. The normalized spacial score (nSPS) is 18.6. The average Bonchev–Trinajstić information content (AvgIpc) is 2.46. The highest BCUT2D eigenvalue weighted by molar-refractivity contribution is 5.50. The highest BCUT2D eigenvalue weighted by Crippen LogP contribution is 2.24. The van der Waals surface area contributed by atoms with Crippen LogP contribution in [-0.4, -0.2) is 44.7 Å². The lowest BCUT2D eigenvalue weighted by molar-refractivity contribution is 0.270. The van der Waals surface area contributed by atoms with Crippen molar-refractivity contribution in [3.63, 3.8) is 0 Å². The van der Waals surface area contributed by atoms with Crippen LogP contribution in [0.25, 0.3) is 0 Å². The molecule has 1 aromatic rings. The molecule has 106 valence electrons. The minimum absolute atomic E-state index is 0.107. The highest BCUT2D eigenvalue weighted by Gasteiger charge is 2.19. The molecule has 0 radical (unpaired) electrons. The molecular weight excluding hydrogens is 241 g/mol. The van der Waals surface area contributed by atoms with E-state index in [9.17, 15) is 4.39 Å². The van der Waals surface area contributed by atoms with Crippen molar-refractivity contribution < 1.29 is 4.39 Å².